The van der Waals surface area contributed by atoms with E-state index in [0.29, 0.717) is 6.42 Å². The predicted octanol–water partition coefficient (Wildman–Crippen LogP) is 5.99. The Bertz CT molecular complexity index is 776. The first-order valence-electron chi connectivity index (χ1n) is 18.6. The normalized spacial score (nSPS) is 23.3. The summed E-state index contributed by atoms with van der Waals surface area (Å²) in [5.74, 6) is -0.198. The van der Waals surface area contributed by atoms with Crippen molar-refractivity contribution in [2.45, 2.75) is 192 Å². The number of aliphatic hydroxyl groups excluding tert-OH is 5. The summed E-state index contributed by atoms with van der Waals surface area (Å²) < 4.78 is 11.1. The molecule has 1 heterocycles. The molecule has 270 valence electrons. The third-order valence-corrected chi connectivity index (χ3v) is 8.83. The number of rotatable bonds is 29. The van der Waals surface area contributed by atoms with Gasteiger partial charge >= 0.3 is 0 Å². The van der Waals surface area contributed by atoms with Crippen LogP contribution in [0.5, 0.6) is 0 Å². The summed E-state index contributed by atoms with van der Waals surface area (Å²) in [6.45, 7) is 3.68. The van der Waals surface area contributed by atoms with Crippen LogP contribution in [0.25, 0.3) is 0 Å². The number of ether oxygens (including phenoxy) is 2. The number of carbonyl (C=O) groups is 1. The van der Waals surface area contributed by atoms with Gasteiger partial charge in [-0.3, -0.25) is 4.79 Å². The van der Waals surface area contributed by atoms with E-state index in [0.717, 1.165) is 32.1 Å². The topological polar surface area (TPSA) is 149 Å². The van der Waals surface area contributed by atoms with Crippen LogP contribution in [0.15, 0.2) is 24.3 Å². The monoisotopic (exact) mass is 656 g/mol. The lowest BCUT2D eigenvalue weighted by molar-refractivity contribution is -0.302. The zero-order valence-electron chi connectivity index (χ0n) is 29.1. The Morgan fingerprint density at radius 2 is 1.26 bits per heavy atom. The van der Waals surface area contributed by atoms with Gasteiger partial charge in [0.25, 0.3) is 0 Å². The van der Waals surface area contributed by atoms with Crippen LogP contribution >= 0.6 is 0 Å². The molecule has 1 rings (SSSR count). The highest BCUT2D eigenvalue weighted by Crippen LogP contribution is 2.22. The molecule has 0 aromatic carbocycles. The van der Waals surface area contributed by atoms with E-state index >= 15 is 0 Å². The highest BCUT2D eigenvalue weighted by molar-refractivity contribution is 5.76. The van der Waals surface area contributed by atoms with E-state index in [-0.39, 0.29) is 12.5 Å². The van der Waals surface area contributed by atoms with E-state index in [1.54, 1.807) is 12.2 Å². The largest absolute Gasteiger partial charge is 0.394 e. The fraction of sp³-hybridized carbons (Fsp3) is 0.865. The first kappa shape index (κ1) is 42.7. The van der Waals surface area contributed by atoms with Crippen molar-refractivity contribution in [3.05, 3.63) is 24.3 Å². The van der Waals surface area contributed by atoms with Crippen LogP contribution in [-0.2, 0) is 14.3 Å². The molecule has 9 heteroatoms. The van der Waals surface area contributed by atoms with E-state index in [9.17, 15) is 30.3 Å². The Morgan fingerprint density at radius 1 is 0.739 bits per heavy atom. The van der Waals surface area contributed by atoms with Gasteiger partial charge < -0.3 is 40.3 Å². The highest BCUT2D eigenvalue weighted by atomic mass is 16.7. The summed E-state index contributed by atoms with van der Waals surface area (Å²) in [5.41, 5.74) is 0. The van der Waals surface area contributed by atoms with Crippen molar-refractivity contribution in [2.24, 2.45) is 0 Å². The van der Waals surface area contributed by atoms with Crippen LogP contribution < -0.4 is 5.32 Å². The summed E-state index contributed by atoms with van der Waals surface area (Å²) in [6, 6.07) is -0.829. The molecule has 0 spiro atoms. The van der Waals surface area contributed by atoms with Crippen LogP contribution in [-0.4, -0.2) is 87.5 Å². The standard InChI is InChI=1S/C37H69NO8/c1-3-5-7-9-11-13-15-17-19-21-23-25-27-33(41)38-30(29-45-37-36(44)35(43)34(42)32(28-39)46-37)31(40)26-24-22-20-18-16-14-12-10-8-6-4-2/h20,22,24,26,30-32,34-37,39-40,42-44H,3-19,21,23,25,27-29H2,1-2H3,(H,38,41)/b22-20+,26-24+/t30-,31+,32+,34+,35?,36?,37+/m0/s1. The fourth-order valence-corrected chi connectivity index (χ4v) is 5.74. The van der Waals surface area contributed by atoms with Crippen molar-refractivity contribution >= 4 is 5.91 Å². The molecule has 1 fully saturated rings. The smallest absolute Gasteiger partial charge is 0.220 e. The minimum atomic E-state index is -1.57. The number of unbranched alkanes of at least 4 members (excludes halogenated alkanes) is 18. The molecule has 1 aliphatic heterocycles. The average molecular weight is 656 g/mol. The number of hydrogen-bond acceptors (Lipinski definition) is 8. The maximum Gasteiger partial charge on any atom is 0.220 e. The van der Waals surface area contributed by atoms with E-state index in [2.05, 4.69) is 25.2 Å². The molecule has 0 bridgehead atoms. The molecule has 0 aromatic rings. The van der Waals surface area contributed by atoms with E-state index in [1.165, 1.54) is 96.3 Å². The number of aliphatic hydroxyl groups is 5. The molecular weight excluding hydrogens is 586 g/mol. The van der Waals surface area contributed by atoms with Crippen molar-refractivity contribution in [1.29, 1.82) is 0 Å². The van der Waals surface area contributed by atoms with Gasteiger partial charge in [-0.1, -0.05) is 147 Å². The first-order valence-corrected chi connectivity index (χ1v) is 18.6. The summed E-state index contributed by atoms with van der Waals surface area (Å²) in [4.78, 5) is 12.8. The lowest BCUT2D eigenvalue weighted by atomic mass is 9.99. The quantitative estimate of drug-likeness (QED) is 0.0425. The lowest BCUT2D eigenvalue weighted by Crippen LogP contribution is -2.60. The maximum atomic E-state index is 12.8. The summed E-state index contributed by atoms with van der Waals surface area (Å²) >= 11 is 0. The van der Waals surface area contributed by atoms with Gasteiger partial charge in [0, 0.05) is 6.42 Å². The van der Waals surface area contributed by atoms with Crippen LogP contribution in [0.1, 0.15) is 149 Å². The first-order chi connectivity index (χ1) is 22.3. The number of carbonyl (C=O) groups excluding carboxylic acids is 1. The lowest BCUT2D eigenvalue weighted by Gasteiger charge is -2.40. The van der Waals surface area contributed by atoms with Gasteiger partial charge in [0.2, 0.25) is 5.91 Å². The van der Waals surface area contributed by atoms with Gasteiger partial charge in [-0.15, -0.1) is 0 Å². The molecule has 1 aliphatic rings. The highest BCUT2D eigenvalue weighted by Gasteiger charge is 2.44. The zero-order chi connectivity index (χ0) is 33.8. The van der Waals surface area contributed by atoms with Crippen molar-refractivity contribution in [3.63, 3.8) is 0 Å². The van der Waals surface area contributed by atoms with Gasteiger partial charge in [-0.05, 0) is 19.3 Å². The second-order valence-corrected chi connectivity index (χ2v) is 13.1. The molecular formula is C37H69NO8. The number of hydrogen-bond donors (Lipinski definition) is 6. The van der Waals surface area contributed by atoms with Gasteiger partial charge in [0.05, 0.1) is 25.4 Å². The summed E-state index contributed by atoms with van der Waals surface area (Å²) in [7, 11) is 0. The number of nitrogens with one attached hydrogen (secondary N) is 1. The summed E-state index contributed by atoms with van der Waals surface area (Å²) in [6.07, 6.45) is 23.7. The maximum absolute atomic E-state index is 12.8. The molecule has 9 nitrogen and oxygen atoms in total. The number of allylic oxidation sites excluding steroid dienone is 3. The Balaban J connectivity index is 2.51. The van der Waals surface area contributed by atoms with Crippen LogP contribution in [0, 0.1) is 0 Å². The zero-order valence-corrected chi connectivity index (χ0v) is 29.1. The third-order valence-electron chi connectivity index (χ3n) is 8.83. The minimum absolute atomic E-state index is 0.198. The predicted molar refractivity (Wildman–Crippen MR) is 184 cm³/mol. The van der Waals surface area contributed by atoms with Gasteiger partial charge in [0.15, 0.2) is 6.29 Å². The van der Waals surface area contributed by atoms with Gasteiger partial charge in [-0.2, -0.15) is 0 Å². The fourth-order valence-electron chi connectivity index (χ4n) is 5.74. The van der Waals surface area contributed by atoms with Crippen LogP contribution in [0.4, 0.5) is 0 Å². The van der Waals surface area contributed by atoms with Crippen molar-refractivity contribution in [2.75, 3.05) is 13.2 Å². The molecule has 2 unspecified atom stereocenters. The van der Waals surface area contributed by atoms with Crippen molar-refractivity contribution in [1.82, 2.24) is 5.32 Å². The van der Waals surface area contributed by atoms with Crippen molar-refractivity contribution < 1.29 is 39.8 Å². The number of amides is 1. The molecule has 0 radical (unpaired) electrons. The van der Waals surface area contributed by atoms with E-state index < -0.39 is 49.5 Å². The third kappa shape index (κ3) is 20.1. The second kappa shape index (κ2) is 28.7. The van der Waals surface area contributed by atoms with E-state index in [4.69, 9.17) is 9.47 Å². The molecule has 1 amide bonds. The minimum Gasteiger partial charge on any atom is -0.394 e. The molecule has 0 aromatic heterocycles. The summed E-state index contributed by atoms with van der Waals surface area (Å²) in [5, 5.41) is 53.7. The Hall–Kier alpha value is -1.33. The van der Waals surface area contributed by atoms with Crippen LogP contribution in [0.2, 0.25) is 0 Å². The average Bonchev–Trinajstić information content (AvgIpc) is 3.05. The molecule has 7 atom stereocenters. The molecule has 6 N–H and O–H groups in total. The Labute approximate surface area is 279 Å². The Kier molecular flexibility index (Phi) is 26.6. The molecule has 0 saturated carbocycles. The second-order valence-electron chi connectivity index (χ2n) is 13.1. The van der Waals surface area contributed by atoms with Crippen LogP contribution in [0.3, 0.4) is 0 Å². The molecule has 0 aliphatic carbocycles. The van der Waals surface area contributed by atoms with Crippen molar-refractivity contribution in [3.8, 4) is 0 Å². The van der Waals surface area contributed by atoms with Gasteiger partial charge in [-0.25, -0.2) is 0 Å². The van der Waals surface area contributed by atoms with E-state index in [1.807, 2.05) is 6.08 Å². The molecule has 46 heavy (non-hydrogen) atoms. The molecule has 1 saturated heterocycles. The SMILES string of the molecule is CCCCCCCCC/C=C/C=C/[C@@H](O)[C@H](CO[C@@H]1O[C@H](CO)[C@@H](O)C(O)C1O)NC(=O)CCCCCCCCCCCCCC. The van der Waals surface area contributed by atoms with Gasteiger partial charge in [0.1, 0.15) is 24.4 Å². The Morgan fingerprint density at radius 3 is 1.80 bits per heavy atom.